The summed E-state index contributed by atoms with van der Waals surface area (Å²) in [7, 11) is 0. The van der Waals surface area contributed by atoms with Gasteiger partial charge in [-0.2, -0.15) is 4.98 Å². The Morgan fingerprint density at radius 2 is 2.15 bits per heavy atom. The van der Waals surface area contributed by atoms with E-state index in [0.717, 1.165) is 23.4 Å². The second kappa shape index (κ2) is 5.42. The van der Waals surface area contributed by atoms with Gasteiger partial charge in [-0.1, -0.05) is 24.2 Å². The topological polar surface area (TPSA) is 79.6 Å². The van der Waals surface area contributed by atoms with Gasteiger partial charge in [-0.15, -0.1) is 0 Å². The van der Waals surface area contributed by atoms with Gasteiger partial charge in [-0.25, -0.2) is 4.98 Å². The normalized spacial score (nSPS) is 12.9. The first-order valence-electron chi connectivity index (χ1n) is 6.75. The van der Waals surface area contributed by atoms with Crippen molar-refractivity contribution in [1.82, 2.24) is 25.4 Å². The van der Waals surface area contributed by atoms with Gasteiger partial charge >= 0.3 is 0 Å². The van der Waals surface area contributed by atoms with Crippen LogP contribution in [-0.4, -0.2) is 26.7 Å². The first-order valence-corrected chi connectivity index (χ1v) is 6.75. The lowest BCUT2D eigenvalue weighted by atomic mass is 10.3. The molecule has 0 aliphatic carbocycles. The van der Waals surface area contributed by atoms with Gasteiger partial charge in [0.15, 0.2) is 5.82 Å². The molecular formula is C14H17N5O. The highest BCUT2D eigenvalue weighted by atomic mass is 16.5. The van der Waals surface area contributed by atoms with Crippen LogP contribution in [0.4, 0.5) is 0 Å². The number of benzene rings is 1. The van der Waals surface area contributed by atoms with Crippen LogP contribution in [0, 0.1) is 0 Å². The van der Waals surface area contributed by atoms with Gasteiger partial charge in [-0.3, -0.25) is 0 Å². The van der Waals surface area contributed by atoms with E-state index in [4.69, 9.17) is 4.52 Å². The molecule has 1 unspecified atom stereocenters. The predicted molar refractivity (Wildman–Crippen MR) is 75.3 cm³/mol. The Morgan fingerprint density at radius 3 is 2.95 bits per heavy atom. The number of nitrogens with one attached hydrogen (secondary N) is 2. The zero-order chi connectivity index (χ0) is 13.9. The number of H-pyrrole nitrogens is 1. The number of para-hydroxylation sites is 2. The van der Waals surface area contributed by atoms with Crippen molar-refractivity contribution in [3.63, 3.8) is 0 Å². The molecule has 0 amide bonds. The molecule has 1 aromatic carbocycles. The number of nitrogens with zero attached hydrogens (tertiary/aromatic N) is 3. The fourth-order valence-corrected chi connectivity index (χ4v) is 2.15. The van der Waals surface area contributed by atoms with Crippen LogP contribution in [-0.2, 0) is 6.42 Å². The summed E-state index contributed by atoms with van der Waals surface area (Å²) in [4.78, 5) is 12.2. The standard InChI is InChI=1S/C14H17N5O/c1-3-15-9(2)14-18-13(19-20-14)8-12-16-10-6-4-5-7-11(10)17-12/h4-7,9,15H,3,8H2,1-2H3,(H,16,17). The highest BCUT2D eigenvalue weighted by molar-refractivity contribution is 5.74. The Balaban J connectivity index is 1.77. The average molecular weight is 271 g/mol. The molecule has 3 rings (SSSR count). The molecule has 2 heterocycles. The Hall–Kier alpha value is -2.21. The van der Waals surface area contributed by atoms with Crippen LogP contribution in [0.5, 0.6) is 0 Å². The molecule has 6 heteroatoms. The molecule has 0 aliphatic rings. The Morgan fingerprint density at radius 1 is 1.30 bits per heavy atom. The molecule has 0 saturated heterocycles. The maximum atomic E-state index is 5.26. The Bertz CT molecular complexity index is 669. The number of rotatable bonds is 5. The van der Waals surface area contributed by atoms with Crippen molar-refractivity contribution in [2.45, 2.75) is 26.3 Å². The van der Waals surface area contributed by atoms with Crippen LogP contribution in [0.15, 0.2) is 28.8 Å². The van der Waals surface area contributed by atoms with E-state index in [1.54, 1.807) is 0 Å². The lowest BCUT2D eigenvalue weighted by molar-refractivity contribution is 0.339. The molecule has 0 saturated carbocycles. The van der Waals surface area contributed by atoms with E-state index >= 15 is 0 Å². The van der Waals surface area contributed by atoms with Crippen molar-refractivity contribution in [3.05, 3.63) is 41.8 Å². The van der Waals surface area contributed by atoms with Crippen molar-refractivity contribution < 1.29 is 4.52 Å². The van der Waals surface area contributed by atoms with E-state index in [-0.39, 0.29) is 6.04 Å². The predicted octanol–water partition coefficient (Wildman–Crippen LogP) is 2.21. The summed E-state index contributed by atoms with van der Waals surface area (Å²) < 4.78 is 5.26. The lowest BCUT2D eigenvalue weighted by Crippen LogP contribution is -2.17. The average Bonchev–Trinajstić information content (AvgIpc) is 3.05. The monoisotopic (exact) mass is 271 g/mol. The van der Waals surface area contributed by atoms with E-state index in [0.29, 0.717) is 18.1 Å². The molecule has 0 spiro atoms. The molecule has 0 radical (unpaired) electrons. The molecule has 0 bridgehead atoms. The summed E-state index contributed by atoms with van der Waals surface area (Å²) in [6.07, 6.45) is 0.539. The van der Waals surface area contributed by atoms with Crippen molar-refractivity contribution >= 4 is 11.0 Å². The van der Waals surface area contributed by atoms with E-state index in [2.05, 4.69) is 25.4 Å². The van der Waals surface area contributed by atoms with Gasteiger partial charge in [-0.05, 0) is 25.6 Å². The highest BCUT2D eigenvalue weighted by Gasteiger charge is 2.14. The molecule has 20 heavy (non-hydrogen) atoms. The van der Waals surface area contributed by atoms with E-state index in [1.807, 2.05) is 38.1 Å². The molecule has 6 nitrogen and oxygen atoms in total. The zero-order valence-corrected chi connectivity index (χ0v) is 11.6. The Labute approximate surface area is 116 Å². The van der Waals surface area contributed by atoms with Gasteiger partial charge in [0.2, 0.25) is 5.89 Å². The van der Waals surface area contributed by atoms with Crippen LogP contribution < -0.4 is 5.32 Å². The molecule has 2 aromatic heterocycles. The summed E-state index contributed by atoms with van der Waals surface area (Å²) in [5, 5.41) is 7.24. The number of hydrogen-bond acceptors (Lipinski definition) is 5. The van der Waals surface area contributed by atoms with E-state index < -0.39 is 0 Å². The zero-order valence-electron chi connectivity index (χ0n) is 11.6. The fraction of sp³-hybridized carbons (Fsp3) is 0.357. The third-order valence-corrected chi connectivity index (χ3v) is 3.13. The number of hydrogen-bond donors (Lipinski definition) is 2. The van der Waals surface area contributed by atoms with Crippen molar-refractivity contribution in [2.75, 3.05) is 6.54 Å². The van der Waals surface area contributed by atoms with Crippen LogP contribution >= 0.6 is 0 Å². The van der Waals surface area contributed by atoms with Crippen LogP contribution in [0.2, 0.25) is 0 Å². The molecule has 0 fully saturated rings. The molecule has 1 atom stereocenters. The second-order valence-corrected chi connectivity index (χ2v) is 4.71. The molecular weight excluding hydrogens is 254 g/mol. The summed E-state index contributed by atoms with van der Waals surface area (Å²) in [6, 6.07) is 7.99. The van der Waals surface area contributed by atoms with Gasteiger partial charge in [0.25, 0.3) is 0 Å². The summed E-state index contributed by atoms with van der Waals surface area (Å²) in [6.45, 7) is 4.91. The SMILES string of the molecule is CCNC(C)c1nc(Cc2nc3ccccc3[nH]2)no1. The van der Waals surface area contributed by atoms with E-state index in [9.17, 15) is 0 Å². The Kier molecular flexibility index (Phi) is 3.47. The van der Waals surface area contributed by atoms with Gasteiger partial charge in [0.1, 0.15) is 5.82 Å². The molecule has 2 N–H and O–H groups in total. The minimum Gasteiger partial charge on any atom is -0.342 e. The second-order valence-electron chi connectivity index (χ2n) is 4.71. The van der Waals surface area contributed by atoms with Crippen molar-refractivity contribution in [2.24, 2.45) is 0 Å². The number of aromatic amines is 1. The smallest absolute Gasteiger partial charge is 0.243 e. The third kappa shape index (κ3) is 2.55. The first-order chi connectivity index (χ1) is 9.76. The van der Waals surface area contributed by atoms with E-state index in [1.165, 1.54) is 0 Å². The van der Waals surface area contributed by atoms with Gasteiger partial charge in [0, 0.05) is 0 Å². The van der Waals surface area contributed by atoms with Crippen molar-refractivity contribution in [1.29, 1.82) is 0 Å². The number of aromatic nitrogens is 4. The molecule has 0 aliphatic heterocycles. The summed E-state index contributed by atoms with van der Waals surface area (Å²) >= 11 is 0. The summed E-state index contributed by atoms with van der Waals surface area (Å²) in [5.74, 6) is 2.09. The number of fused-ring (bicyclic) bond motifs is 1. The maximum absolute atomic E-state index is 5.26. The minimum absolute atomic E-state index is 0.0666. The molecule has 3 aromatic rings. The quantitative estimate of drug-likeness (QED) is 0.743. The first kappa shape index (κ1) is 12.8. The van der Waals surface area contributed by atoms with Gasteiger partial charge in [0.05, 0.1) is 23.5 Å². The highest BCUT2D eigenvalue weighted by Crippen LogP contribution is 2.14. The number of imidazole rings is 1. The third-order valence-electron chi connectivity index (χ3n) is 3.13. The lowest BCUT2D eigenvalue weighted by Gasteiger charge is -2.04. The van der Waals surface area contributed by atoms with Crippen LogP contribution in [0.1, 0.15) is 37.4 Å². The minimum atomic E-state index is 0.0666. The fourth-order valence-electron chi connectivity index (χ4n) is 2.15. The van der Waals surface area contributed by atoms with Crippen LogP contribution in [0.25, 0.3) is 11.0 Å². The summed E-state index contributed by atoms with van der Waals surface area (Å²) in [5.41, 5.74) is 1.97. The molecule has 104 valence electrons. The largest absolute Gasteiger partial charge is 0.342 e. The van der Waals surface area contributed by atoms with Crippen LogP contribution in [0.3, 0.4) is 0 Å². The maximum Gasteiger partial charge on any atom is 0.243 e. The van der Waals surface area contributed by atoms with Crippen molar-refractivity contribution in [3.8, 4) is 0 Å². The van der Waals surface area contributed by atoms with Gasteiger partial charge < -0.3 is 14.8 Å².